The number of nitrogens with zero attached hydrogens (tertiary/aromatic N) is 1. The highest BCUT2D eigenvalue weighted by Crippen LogP contribution is 2.37. The Morgan fingerprint density at radius 1 is 1.23 bits per heavy atom. The lowest BCUT2D eigenvalue weighted by molar-refractivity contribution is -0.128. The zero-order valence-electron chi connectivity index (χ0n) is 12.5. The smallest absolute Gasteiger partial charge is 0.269 e. The summed E-state index contributed by atoms with van der Waals surface area (Å²) in [5.41, 5.74) is 4.11. The molecule has 2 rings (SSSR count). The van der Waals surface area contributed by atoms with E-state index >= 15 is 0 Å². The summed E-state index contributed by atoms with van der Waals surface area (Å²) in [6, 6.07) is 8.69. The third-order valence-corrected chi connectivity index (χ3v) is 3.82. The first-order valence-corrected chi connectivity index (χ1v) is 7.36. The van der Waals surface area contributed by atoms with Crippen LogP contribution in [-0.4, -0.2) is 18.4 Å². The van der Waals surface area contributed by atoms with Gasteiger partial charge in [-0.25, -0.2) is 0 Å². The summed E-state index contributed by atoms with van der Waals surface area (Å²) < 4.78 is 5.30. The van der Waals surface area contributed by atoms with Crippen LogP contribution in [0.15, 0.2) is 24.3 Å². The number of carbonyl (C=O) groups is 2. The van der Waals surface area contributed by atoms with Crippen LogP contribution >= 0.6 is 0 Å². The minimum absolute atomic E-state index is 0.404. The van der Waals surface area contributed by atoms with Gasteiger partial charge in [0.25, 0.3) is 11.8 Å². The molecule has 1 aromatic carbocycles. The van der Waals surface area contributed by atoms with Gasteiger partial charge in [-0.3, -0.25) is 20.4 Å². The highest BCUT2D eigenvalue weighted by atomic mass is 16.5. The van der Waals surface area contributed by atoms with Crippen LogP contribution in [-0.2, 0) is 4.79 Å². The summed E-state index contributed by atoms with van der Waals surface area (Å²) >= 11 is 0. The van der Waals surface area contributed by atoms with Crippen LogP contribution in [0.1, 0.15) is 43.0 Å². The normalized spacial score (nSPS) is 15.6. The Kier molecular flexibility index (Phi) is 4.99. The number of benzene rings is 1. The Morgan fingerprint density at radius 2 is 1.86 bits per heavy atom. The molecule has 0 aliphatic heterocycles. The van der Waals surface area contributed by atoms with Crippen LogP contribution in [0.25, 0.3) is 0 Å². The largest absolute Gasteiger partial charge is 0.494 e. The molecule has 0 spiro atoms. The van der Waals surface area contributed by atoms with Crippen molar-refractivity contribution in [3.05, 3.63) is 29.8 Å². The van der Waals surface area contributed by atoms with E-state index in [0.29, 0.717) is 30.8 Å². The fraction of sp³-hybridized carbons (Fsp3) is 0.438. The topological polar surface area (TPSA) is 91.2 Å². The fourth-order valence-corrected chi connectivity index (χ4v) is 2.54. The van der Waals surface area contributed by atoms with E-state index in [1.54, 1.807) is 24.3 Å². The number of amides is 2. The van der Waals surface area contributed by atoms with E-state index in [4.69, 9.17) is 4.74 Å². The maximum Gasteiger partial charge on any atom is 0.269 e. The molecule has 0 atom stereocenters. The first kappa shape index (κ1) is 15.8. The second kappa shape index (κ2) is 6.94. The Hall–Kier alpha value is -2.55. The highest BCUT2D eigenvalue weighted by Gasteiger charge is 2.41. The van der Waals surface area contributed by atoms with Crippen LogP contribution in [0.3, 0.4) is 0 Å². The number of hydrogen-bond donors (Lipinski definition) is 2. The summed E-state index contributed by atoms with van der Waals surface area (Å²) in [6.07, 6.45) is 2.78. The van der Waals surface area contributed by atoms with Gasteiger partial charge in [0.15, 0.2) is 0 Å². The third kappa shape index (κ3) is 3.37. The van der Waals surface area contributed by atoms with E-state index in [1.165, 1.54) is 0 Å². The molecule has 2 N–H and O–H groups in total. The molecule has 1 aliphatic carbocycles. The first-order valence-electron chi connectivity index (χ1n) is 7.36. The number of ether oxygens (including phenoxy) is 1. The maximum absolute atomic E-state index is 12.1. The number of carbonyl (C=O) groups excluding carboxylic acids is 2. The third-order valence-electron chi connectivity index (χ3n) is 3.82. The molecule has 0 saturated heterocycles. The number of hydrogen-bond acceptors (Lipinski definition) is 4. The van der Waals surface area contributed by atoms with Crippen LogP contribution in [0, 0.1) is 16.7 Å². The lowest BCUT2D eigenvalue weighted by Crippen LogP contribution is -2.48. The van der Waals surface area contributed by atoms with E-state index in [1.807, 2.05) is 6.92 Å². The molecule has 22 heavy (non-hydrogen) atoms. The predicted molar refractivity (Wildman–Crippen MR) is 79.7 cm³/mol. The number of nitriles is 1. The van der Waals surface area contributed by atoms with E-state index in [9.17, 15) is 14.9 Å². The lowest BCUT2D eigenvalue weighted by atomic mass is 9.87. The van der Waals surface area contributed by atoms with Gasteiger partial charge in [0.05, 0.1) is 12.7 Å². The second-order valence-electron chi connectivity index (χ2n) is 5.27. The van der Waals surface area contributed by atoms with Gasteiger partial charge in [-0.1, -0.05) is 12.8 Å². The number of rotatable bonds is 4. The molecule has 1 aromatic rings. The van der Waals surface area contributed by atoms with Crippen molar-refractivity contribution in [2.45, 2.75) is 32.6 Å². The van der Waals surface area contributed by atoms with Gasteiger partial charge in [0.2, 0.25) is 0 Å². The van der Waals surface area contributed by atoms with Gasteiger partial charge in [-0.15, -0.1) is 0 Å². The summed E-state index contributed by atoms with van der Waals surface area (Å²) in [5.74, 6) is -0.188. The standard InChI is InChI=1S/C16H19N3O3/c1-2-22-13-7-5-12(6-8-13)14(20)18-19-15(21)16(11-17)9-3-4-10-16/h5-8H,2-4,9-10H2,1H3,(H,18,20)(H,19,21). The molecule has 0 unspecified atom stereocenters. The average molecular weight is 301 g/mol. The van der Waals surface area contributed by atoms with Crippen molar-refractivity contribution in [3.8, 4) is 11.8 Å². The molecule has 1 aliphatic rings. The van der Waals surface area contributed by atoms with Crippen molar-refractivity contribution in [2.75, 3.05) is 6.61 Å². The molecule has 0 bridgehead atoms. The summed E-state index contributed by atoms with van der Waals surface area (Å²) in [7, 11) is 0. The van der Waals surface area contributed by atoms with Crippen LogP contribution in [0.5, 0.6) is 5.75 Å². The van der Waals surface area contributed by atoms with Crippen molar-refractivity contribution < 1.29 is 14.3 Å². The van der Waals surface area contributed by atoms with E-state index < -0.39 is 17.2 Å². The molecule has 116 valence electrons. The summed E-state index contributed by atoms with van der Waals surface area (Å²) in [4.78, 5) is 24.1. The van der Waals surface area contributed by atoms with Gasteiger partial charge in [0, 0.05) is 5.56 Å². The molecule has 0 radical (unpaired) electrons. The van der Waals surface area contributed by atoms with E-state index in [-0.39, 0.29) is 0 Å². The van der Waals surface area contributed by atoms with Crippen molar-refractivity contribution in [2.24, 2.45) is 5.41 Å². The van der Waals surface area contributed by atoms with Crippen molar-refractivity contribution >= 4 is 11.8 Å². The van der Waals surface area contributed by atoms with Crippen molar-refractivity contribution in [1.82, 2.24) is 10.9 Å². The van der Waals surface area contributed by atoms with Crippen LogP contribution in [0.4, 0.5) is 0 Å². The van der Waals surface area contributed by atoms with E-state index in [0.717, 1.165) is 12.8 Å². The van der Waals surface area contributed by atoms with Crippen molar-refractivity contribution in [3.63, 3.8) is 0 Å². The Labute approximate surface area is 129 Å². The fourth-order valence-electron chi connectivity index (χ4n) is 2.54. The summed E-state index contributed by atoms with van der Waals surface area (Å²) in [6.45, 7) is 2.43. The lowest BCUT2D eigenvalue weighted by Gasteiger charge is -2.19. The Bertz CT molecular complexity index is 584. The first-order chi connectivity index (χ1) is 10.6. The SMILES string of the molecule is CCOc1ccc(C(=O)NNC(=O)C2(C#N)CCCC2)cc1. The molecule has 1 saturated carbocycles. The zero-order chi connectivity index (χ0) is 16.0. The molecular weight excluding hydrogens is 282 g/mol. The Morgan fingerprint density at radius 3 is 2.41 bits per heavy atom. The zero-order valence-corrected chi connectivity index (χ0v) is 12.5. The monoisotopic (exact) mass is 301 g/mol. The minimum atomic E-state index is -1.01. The quantitative estimate of drug-likeness (QED) is 0.831. The van der Waals surface area contributed by atoms with Crippen LogP contribution in [0.2, 0.25) is 0 Å². The van der Waals surface area contributed by atoms with Gasteiger partial charge < -0.3 is 4.74 Å². The predicted octanol–water partition coefficient (Wildman–Crippen LogP) is 1.93. The van der Waals surface area contributed by atoms with Gasteiger partial charge in [-0.05, 0) is 44.0 Å². The molecule has 0 aromatic heterocycles. The molecule has 2 amide bonds. The number of hydrazine groups is 1. The van der Waals surface area contributed by atoms with Crippen LogP contribution < -0.4 is 15.6 Å². The molecule has 0 heterocycles. The highest BCUT2D eigenvalue weighted by molar-refractivity contribution is 5.96. The van der Waals surface area contributed by atoms with Gasteiger partial charge >= 0.3 is 0 Å². The molecule has 6 nitrogen and oxygen atoms in total. The van der Waals surface area contributed by atoms with Gasteiger partial charge in [-0.2, -0.15) is 5.26 Å². The molecule has 6 heteroatoms. The average Bonchev–Trinajstić information content (AvgIpc) is 3.03. The second-order valence-corrected chi connectivity index (χ2v) is 5.27. The Balaban J connectivity index is 1.92. The molecule has 1 fully saturated rings. The number of nitrogens with one attached hydrogen (secondary N) is 2. The molecular formula is C16H19N3O3. The maximum atomic E-state index is 12.1. The van der Waals surface area contributed by atoms with Crippen molar-refractivity contribution in [1.29, 1.82) is 5.26 Å². The summed E-state index contributed by atoms with van der Waals surface area (Å²) in [5, 5.41) is 9.21. The minimum Gasteiger partial charge on any atom is -0.494 e. The van der Waals surface area contributed by atoms with Gasteiger partial charge in [0.1, 0.15) is 11.2 Å². The van der Waals surface area contributed by atoms with E-state index in [2.05, 4.69) is 16.9 Å².